The lowest BCUT2D eigenvalue weighted by molar-refractivity contribution is 0.0942. The maximum atomic E-state index is 14.0. The topological polar surface area (TPSA) is 110 Å². The first kappa shape index (κ1) is 24.5. The molecule has 0 aliphatic carbocycles. The third-order valence-electron chi connectivity index (χ3n) is 5.76. The van der Waals surface area contributed by atoms with Crippen molar-refractivity contribution in [3.8, 4) is 5.75 Å². The molecular formula is C23H27F2N3O5. The number of nitrogens with one attached hydrogen (secondary N) is 2. The second kappa shape index (κ2) is 10.2. The van der Waals surface area contributed by atoms with Crippen molar-refractivity contribution >= 4 is 11.7 Å². The van der Waals surface area contributed by atoms with E-state index in [1.54, 1.807) is 11.7 Å². The molecule has 2 atom stereocenters. The van der Waals surface area contributed by atoms with Gasteiger partial charge in [-0.25, -0.2) is 8.78 Å². The SMILES string of the molecule is COCCNC[C@H]1C[C@H](C)n2c(C(C)=O)c(O)c(=O)c(C(=O)NCc3ccc(F)cc3F)c21. The number of ketones is 1. The second-order valence-corrected chi connectivity index (χ2v) is 8.11. The molecule has 1 aromatic carbocycles. The number of pyridine rings is 1. The van der Waals surface area contributed by atoms with Crippen molar-refractivity contribution in [3.63, 3.8) is 0 Å². The second-order valence-electron chi connectivity index (χ2n) is 8.11. The first-order valence-corrected chi connectivity index (χ1v) is 10.6. The first-order chi connectivity index (χ1) is 15.7. The van der Waals surface area contributed by atoms with E-state index in [0.717, 1.165) is 6.07 Å². The van der Waals surface area contributed by atoms with E-state index in [1.165, 1.54) is 13.0 Å². The van der Waals surface area contributed by atoms with Crippen LogP contribution in [0, 0.1) is 11.6 Å². The average Bonchev–Trinajstić information content (AvgIpc) is 3.06. The molecule has 0 radical (unpaired) electrons. The molecule has 3 N–H and O–H groups in total. The van der Waals surface area contributed by atoms with Gasteiger partial charge in [0.05, 0.1) is 6.61 Å². The maximum absolute atomic E-state index is 14.0. The van der Waals surface area contributed by atoms with Crippen molar-refractivity contribution in [3.05, 3.63) is 62.6 Å². The minimum atomic E-state index is -0.959. The first-order valence-electron chi connectivity index (χ1n) is 10.6. The largest absolute Gasteiger partial charge is 0.503 e. The van der Waals surface area contributed by atoms with Crippen LogP contribution in [0.1, 0.15) is 64.3 Å². The van der Waals surface area contributed by atoms with Gasteiger partial charge in [0.15, 0.2) is 11.5 Å². The number of rotatable bonds is 9. The van der Waals surface area contributed by atoms with Crippen molar-refractivity contribution in [1.82, 2.24) is 15.2 Å². The van der Waals surface area contributed by atoms with E-state index in [4.69, 9.17) is 4.74 Å². The number of halogens is 2. The lowest BCUT2D eigenvalue weighted by atomic mass is 9.97. The molecule has 2 aromatic rings. The van der Waals surface area contributed by atoms with Crippen LogP contribution in [0.2, 0.25) is 0 Å². The van der Waals surface area contributed by atoms with Gasteiger partial charge < -0.3 is 25.0 Å². The van der Waals surface area contributed by atoms with Gasteiger partial charge in [0, 0.05) is 63.0 Å². The molecular weight excluding hydrogens is 436 g/mol. The van der Waals surface area contributed by atoms with Gasteiger partial charge in [-0.1, -0.05) is 6.07 Å². The van der Waals surface area contributed by atoms with Gasteiger partial charge in [-0.15, -0.1) is 0 Å². The zero-order chi connectivity index (χ0) is 24.3. The quantitative estimate of drug-likeness (QED) is 0.389. The van der Waals surface area contributed by atoms with Gasteiger partial charge in [0.1, 0.15) is 22.9 Å². The molecule has 1 aromatic heterocycles. The van der Waals surface area contributed by atoms with E-state index < -0.39 is 34.5 Å². The minimum absolute atomic E-state index is 0.0391. The fraction of sp³-hybridized carbons (Fsp3) is 0.435. The molecule has 0 bridgehead atoms. The predicted octanol–water partition coefficient (Wildman–Crippen LogP) is 2.25. The van der Waals surface area contributed by atoms with E-state index in [2.05, 4.69) is 10.6 Å². The van der Waals surface area contributed by atoms with Crippen LogP contribution in [0.4, 0.5) is 8.78 Å². The van der Waals surface area contributed by atoms with Crippen LogP contribution in [-0.2, 0) is 11.3 Å². The summed E-state index contributed by atoms with van der Waals surface area (Å²) >= 11 is 0. The maximum Gasteiger partial charge on any atom is 0.257 e. The molecule has 178 valence electrons. The summed E-state index contributed by atoms with van der Waals surface area (Å²) in [7, 11) is 1.57. The minimum Gasteiger partial charge on any atom is -0.503 e. The Bertz CT molecular complexity index is 1130. The molecule has 2 heterocycles. The van der Waals surface area contributed by atoms with Crippen LogP contribution >= 0.6 is 0 Å². The summed E-state index contributed by atoms with van der Waals surface area (Å²) in [5, 5.41) is 16.2. The van der Waals surface area contributed by atoms with Crippen LogP contribution in [0.15, 0.2) is 23.0 Å². The molecule has 1 aliphatic heterocycles. The number of Topliss-reactive ketones (excluding diaryl/α,β-unsaturated/α-hetero) is 1. The molecule has 1 amide bonds. The van der Waals surface area contributed by atoms with Gasteiger partial charge in [-0.3, -0.25) is 14.4 Å². The van der Waals surface area contributed by atoms with Crippen LogP contribution in [0.3, 0.4) is 0 Å². The molecule has 3 rings (SSSR count). The number of aromatic nitrogens is 1. The highest BCUT2D eigenvalue weighted by Crippen LogP contribution is 2.39. The number of carbonyl (C=O) groups excluding carboxylic acids is 2. The van der Waals surface area contributed by atoms with E-state index in [-0.39, 0.29) is 35.3 Å². The molecule has 10 heteroatoms. The number of carbonyl (C=O) groups is 2. The number of ether oxygens (including phenoxy) is 1. The monoisotopic (exact) mass is 463 g/mol. The van der Waals surface area contributed by atoms with Crippen LogP contribution < -0.4 is 16.1 Å². The van der Waals surface area contributed by atoms with Gasteiger partial charge in [0.25, 0.3) is 5.91 Å². The summed E-state index contributed by atoms with van der Waals surface area (Å²) in [4.78, 5) is 38.3. The normalized spacial score (nSPS) is 17.1. The molecule has 0 saturated carbocycles. The Morgan fingerprint density at radius 1 is 1.30 bits per heavy atom. The Labute approximate surface area is 189 Å². The molecule has 0 spiro atoms. The lowest BCUT2D eigenvalue weighted by Crippen LogP contribution is -2.34. The summed E-state index contributed by atoms with van der Waals surface area (Å²) in [5.74, 6) is -3.96. The predicted molar refractivity (Wildman–Crippen MR) is 117 cm³/mol. The Hall–Kier alpha value is -3.11. The number of hydrogen-bond donors (Lipinski definition) is 3. The summed E-state index contributed by atoms with van der Waals surface area (Å²) in [5.41, 5.74) is -1.000. The Morgan fingerprint density at radius 2 is 2.03 bits per heavy atom. The fourth-order valence-electron chi connectivity index (χ4n) is 4.30. The van der Waals surface area contributed by atoms with Crippen molar-refractivity contribution < 1.29 is 28.2 Å². The third-order valence-corrected chi connectivity index (χ3v) is 5.76. The summed E-state index contributed by atoms with van der Waals surface area (Å²) in [6.45, 7) is 4.24. The smallest absolute Gasteiger partial charge is 0.257 e. The highest BCUT2D eigenvalue weighted by Gasteiger charge is 2.38. The highest BCUT2D eigenvalue weighted by molar-refractivity contribution is 6.00. The van der Waals surface area contributed by atoms with Crippen LogP contribution in [0.5, 0.6) is 5.75 Å². The van der Waals surface area contributed by atoms with Crippen molar-refractivity contribution in [2.75, 3.05) is 26.8 Å². The van der Waals surface area contributed by atoms with E-state index >= 15 is 0 Å². The zero-order valence-electron chi connectivity index (χ0n) is 18.7. The molecule has 33 heavy (non-hydrogen) atoms. The summed E-state index contributed by atoms with van der Waals surface area (Å²) in [6.07, 6.45) is 0.538. The molecule has 0 saturated heterocycles. The summed E-state index contributed by atoms with van der Waals surface area (Å²) in [6, 6.07) is 2.71. The standard InChI is InChI=1S/C23H27F2N3O5/c1-12-8-15(10-26-6-7-33-3)20-18(21(30)22(31)19(13(2)29)28(12)20)23(32)27-11-14-4-5-16(24)9-17(14)25/h4-5,9,12,15,26,31H,6-8,10-11H2,1-3H3,(H,27,32)/t12-,15+/m0/s1. The number of aromatic hydroxyl groups is 1. The zero-order valence-corrected chi connectivity index (χ0v) is 18.7. The van der Waals surface area contributed by atoms with E-state index in [9.17, 15) is 28.3 Å². The highest BCUT2D eigenvalue weighted by atomic mass is 19.1. The van der Waals surface area contributed by atoms with Gasteiger partial charge >= 0.3 is 0 Å². The Kier molecular flexibility index (Phi) is 7.60. The Balaban J connectivity index is 2.01. The van der Waals surface area contributed by atoms with Crippen molar-refractivity contribution in [2.45, 2.75) is 38.8 Å². The van der Waals surface area contributed by atoms with Gasteiger partial charge in [0.2, 0.25) is 5.43 Å². The number of amides is 1. The van der Waals surface area contributed by atoms with Crippen molar-refractivity contribution in [2.24, 2.45) is 0 Å². The lowest BCUT2D eigenvalue weighted by Gasteiger charge is -2.20. The third kappa shape index (κ3) is 4.96. The number of fused-ring (bicyclic) bond motifs is 1. The summed E-state index contributed by atoms with van der Waals surface area (Å²) < 4.78 is 33.7. The average molecular weight is 463 g/mol. The fourth-order valence-corrected chi connectivity index (χ4v) is 4.30. The molecule has 8 nitrogen and oxygen atoms in total. The molecule has 0 unspecified atom stereocenters. The number of methoxy groups -OCH3 is 1. The van der Waals surface area contributed by atoms with E-state index in [1.807, 2.05) is 6.92 Å². The van der Waals surface area contributed by atoms with E-state index in [0.29, 0.717) is 37.9 Å². The number of hydrogen-bond acceptors (Lipinski definition) is 6. The van der Waals surface area contributed by atoms with Crippen molar-refractivity contribution in [1.29, 1.82) is 0 Å². The molecule has 0 fully saturated rings. The number of nitrogens with zero attached hydrogens (tertiary/aromatic N) is 1. The van der Waals surface area contributed by atoms with Gasteiger partial charge in [-0.2, -0.15) is 0 Å². The van der Waals surface area contributed by atoms with Crippen LogP contribution in [-0.4, -0.2) is 48.2 Å². The molecule has 1 aliphatic rings. The Morgan fingerprint density at radius 3 is 2.67 bits per heavy atom. The van der Waals surface area contributed by atoms with Crippen LogP contribution in [0.25, 0.3) is 0 Å². The number of benzene rings is 1. The van der Waals surface area contributed by atoms with Gasteiger partial charge in [-0.05, 0) is 19.4 Å².